The molecule has 0 spiro atoms. The van der Waals surface area contributed by atoms with Gasteiger partial charge in [0.25, 0.3) is 5.91 Å². The fourth-order valence-electron chi connectivity index (χ4n) is 2.73. The molecule has 7 nitrogen and oxygen atoms in total. The van der Waals surface area contributed by atoms with E-state index in [2.05, 4.69) is 5.32 Å². The summed E-state index contributed by atoms with van der Waals surface area (Å²) in [7, 11) is -3.70. The Morgan fingerprint density at radius 3 is 2.74 bits per heavy atom. The van der Waals surface area contributed by atoms with Crippen molar-refractivity contribution in [3.05, 3.63) is 65.4 Å². The topological polar surface area (TPSA) is 94.8 Å². The third-order valence-corrected chi connectivity index (χ3v) is 7.59. The van der Waals surface area contributed by atoms with E-state index < -0.39 is 21.0 Å². The van der Waals surface area contributed by atoms with Crippen molar-refractivity contribution in [2.24, 2.45) is 0 Å². The standard InChI is InChI=1S/C18H15NO6S2/c20-18(12-5-6-13-15(9-12)25-11-24-13)19-10-16(14-3-1-7-23-14)27(21,22)17-4-2-8-26-17/h1-9,16H,10-11H2,(H,19,20). The summed E-state index contributed by atoms with van der Waals surface area (Å²) in [6.07, 6.45) is 1.41. The first kappa shape index (κ1) is 17.6. The fraction of sp³-hybridized carbons (Fsp3) is 0.167. The van der Waals surface area contributed by atoms with Gasteiger partial charge in [-0.05, 0) is 41.8 Å². The Hall–Kier alpha value is -2.78. The Labute approximate surface area is 159 Å². The minimum Gasteiger partial charge on any atom is -0.468 e. The lowest BCUT2D eigenvalue weighted by Crippen LogP contribution is -2.31. The van der Waals surface area contributed by atoms with Crippen LogP contribution in [0.1, 0.15) is 21.4 Å². The lowest BCUT2D eigenvalue weighted by Gasteiger charge is -2.15. The van der Waals surface area contributed by atoms with Crippen molar-refractivity contribution in [2.45, 2.75) is 9.46 Å². The number of thiophene rings is 1. The van der Waals surface area contributed by atoms with Crippen molar-refractivity contribution in [1.82, 2.24) is 5.32 Å². The van der Waals surface area contributed by atoms with E-state index in [9.17, 15) is 13.2 Å². The molecule has 3 aromatic rings. The summed E-state index contributed by atoms with van der Waals surface area (Å²) in [5.74, 6) is 0.914. The highest BCUT2D eigenvalue weighted by atomic mass is 32.2. The van der Waals surface area contributed by atoms with Crippen LogP contribution in [0, 0.1) is 0 Å². The third-order valence-electron chi connectivity index (χ3n) is 4.09. The summed E-state index contributed by atoms with van der Waals surface area (Å²) in [5.41, 5.74) is 0.353. The molecular formula is C18H15NO6S2. The number of hydrogen-bond acceptors (Lipinski definition) is 7. The van der Waals surface area contributed by atoms with Gasteiger partial charge < -0.3 is 19.2 Å². The van der Waals surface area contributed by atoms with E-state index >= 15 is 0 Å². The first-order valence-corrected chi connectivity index (χ1v) is 10.5. The monoisotopic (exact) mass is 405 g/mol. The highest BCUT2D eigenvalue weighted by Gasteiger charge is 2.32. The first-order valence-electron chi connectivity index (χ1n) is 8.04. The molecule has 0 radical (unpaired) electrons. The Kier molecular flexibility index (Phi) is 4.63. The zero-order valence-corrected chi connectivity index (χ0v) is 15.6. The number of furan rings is 1. The van der Waals surface area contributed by atoms with Gasteiger partial charge in [-0.15, -0.1) is 11.3 Å². The van der Waals surface area contributed by atoms with Crippen molar-refractivity contribution in [2.75, 3.05) is 13.3 Å². The second-order valence-electron chi connectivity index (χ2n) is 5.76. The minimum absolute atomic E-state index is 0.111. The van der Waals surface area contributed by atoms with Crippen molar-refractivity contribution in [3.8, 4) is 11.5 Å². The summed E-state index contributed by atoms with van der Waals surface area (Å²) in [5, 5.41) is 3.34. The molecule has 0 aliphatic carbocycles. The molecule has 1 amide bonds. The molecule has 0 bridgehead atoms. The number of benzene rings is 1. The van der Waals surface area contributed by atoms with Crippen LogP contribution in [0.5, 0.6) is 11.5 Å². The zero-order chi connectivity index (χ0) is 18.9. The van der Waals surface area contributed by atoms with Crippen LogP contribution in [0.4, 0.5) is 0 Å². The summed E-state index contributed by atoms with van der Waals surface area (Å²) in [6, 6.07) is 11.2. The molecule has 1 aliphatic heterocycles. The van der Waals surface area contributed by atoms with Crippen LogP contribution in [-0.4, -0.2) is 27.7 Å². The quantitative estimate of drug-likeness (QED) is 0.677. The smallest absolute Gasteiger partial charge is 0.251 e. The van der Waals surface area contributed by atoms with Crippen LogP contribution in [0.15, 0.2) is 62.7 Å². The second kappa shape index (κ2) is 7.09. The van der Waals surface area contributed by atoms with E-state index in [-0.39, 0.29) is 23.3 Å². The lowest BCUT2D eigenvalue weighted by molar-refractivity contribution is 0.0952. The Morgan fingerprint density at radius 1 is 1.15 bits per heavy atom. The van der Waals surface area contributed by atoms with Crippen molar-refractivity contribution >= 4 is 27.1 Å². The molecule has 0 fully saturated rings. The van der Waals surface area contributed by atoms with Crippen LogP contribution >= 0.6 is 11.3 Å². The number of carbonyl (C=O) groups excluding carboxylic acids is 1. The van der Waals surface area contributed by atoms with Crippen LogP contribution in [0.25, 0.3) is 0 Å². The van der Waals surface area contributed by atoms with E-state index in [1.807, 2.05) is 0 Å². The van der Waals surface area contributed by atoms with Gasteiger partial charge >= 0.3 is 0 Å². The van der Waals surface area contributed by atoms with Crippen LogP contribution < -0.4 is 14.8 Å². The van der Waals surface area contributed by atoms with Gasteiger partial charge in [-0.1, -0.05) is 6.07 Å². The molecule has 4 rings (SSSR count). The van der Waals surface area contributed by atoms with Crippen LogP contribution in [-0.2, 0) is 9.84 Å². The number of carbonyl (C=O) groups is 1. The summed E-state index contributed by atoms with van der Waals surface area (Å²) < 4.78 is 41.9. The maximum Gasteiger partial charge on any atom is 0.251 e. The molecule has 0 saturated heterocycles. The molecule has 1 atom stereocenters. The largest absolute Gasteiger partial charge is 0.468 e. The Balaban J connectivity index is 1.55. The third kappa shape index (κ3) is 3.43. The SMILES string of the molecule is O=C(NCC(c1ccco1)S(=O)(=O)c1cccs1)c1ccc2c(c1)OCO2. The lowest BCUT2D eigenvalue weighted by atomic mass is 10.2. The molecule has 2 aromatic heterocycles. The molecule has 9 heteroatoms. The normalized spacial score (nSPS) is 14.1. The average Bonchev–Trinajstić information content (AvgIpc) is 3.42. The number of amides is 1. The highest BCUT2D eigenvalue weighted by Crippen LogP contribution is 2.33. The van der Waals surface area contributed by atoms with Crippen molar-refractivity contribution in [1.29, 1.82) is 0 Å². The number of nitrogens with one attached hydrogen (secondary N) is 1. The zero-order valence-electron chi connectivity index (χ0n) is 14.0. The van der Waals surface area contributed by atoms with Crippen LogP contribution in [0.3, 0.4) is 0 Å². The van der Waals surface area contributed by atoms with Crippen LogP contribution in [0.2, 0.25) is 0 Å². The van der Waals surface area contributed by atoms with Gasteiger partial charge in [0.2, 0.25) is 6.79 Å². The first-order chi connectivity index (χ1) is 13.1. The molecule has 1 N–H and O–H groups in total. The summed E-state index contributed by atoms with van der Waals surface area (Å²) in [6.45, 7) is -0.0128. The molecule has 27 heavy (non-hydrogen) atoms. The van der Waals surface area contributed by atoms with Gasteiger partial charge in [-0.3, -0.25) is 4.79 Å². The second-order valence-corrected chi connectivity index (χ2v) is 9.06. The van der Waals surface area contributed by atoms with Crippen molar-refractivity contribution < 1.29 is 27.1 Å². The number of hydrogen-bond donors (Lipinski definition) is 1. The van der Waals surface area contributed by atoms with E-state index in [1.54, 1.807) is 41.8 Å². The number of fused-ring (bicyclic) bond motifs is 1. The molecule has 140 valence electrons. The van der Waals surface area contributed by atoms with E-state index in [1.165, 1.54) is 12.3 Å². The maximum atomic E-state index is 13.0. The predicted octanol–water partition coefficient (Wildman–Crippen LogP) is 3.01. The molecular weight excluding hydrogens is 390 g/mol. The molecule has 0 saturated carbocycles. The molecule has 1 unspecified atom stereocenters. The van der Waals surface area contributed by atoms with Crippen molar-refractivity contribution in [3.63, 3.8) is 0 Å². The van der Waals surface area contributed by atoms with E-state index in [4.69, 9.17) is 13.9 Å². The summed E-state index contributed by atoms with van der Waals surface area (Å²) in [4.78, 5) is 12.5. The van der Waals surface area contributed by atoms with E-state index in [0.29, 0.717) is 17.1 Å². The predicted molar refractivity (Wildman–Crippen MR) is 97.9 cm³/mol. The van der Waals surface area contributed by atoms with Gasteiger partial charge in [0.1, 0.15) is 15.2 Å². The van der Waals surface area contributed by atoms with Gasteiger partial charge in [-0.25, -0.2) is 8.42 Å². The summed E-state index contributed by atoms with van der Waals surface area (Å²) >= 11 is 1.13. The number of ether oxygens (including phenoxy) is 2. The molecule has 1 aliphatic rings. The number of rotatable bonds is 6. The van der Waals surface area contributed by atoms with E-state index in [0.717, 1.165) is 11.3 Å². The number of sulfone groups is 1. The molecule has 1 aromatic carbocycles. The fourth-order valence-corrected chi connectivity index (χ4v) is 5.52. The minimum atomic E-state index is -3.70. The van der Waals surface area contributed by atoms with Gasteiger partial charge in [-0.2, -0.15) is 0 Å². The average molecular weight is 405 g/mol. The Morgan fingerprint density at radius 2 is 2.00 bits per heavy atom. The van der Waals surface area contributed by atoms with Gasteiger partial charge in [0.15, 0.2) is 21.3 Å². The highest BCUT2D eigenvalue weighted by molar-refractivity contribution is 7.93. The van der Waals surface area contributed by atoms with Gasteiger partial charge in [0, 0.05) is 12.1 Å². The van der Waals surface area contributed by atoms with Gasteiger partial charge in [0.05, 0.1) is 6.26 Å². The Bertz CT molecular complexity index is 1040. The maximum absolute atomic E-state index is 13.0. The molecule has 3 heterocycles.